The zero-order valence-electron chi connectivity index (χ0n) is 31.7. The second-order valence-electron chi connectivity index (χ2n) is 16.0. The van der Waals surface area contributed by atoms with E-state index in [1.807, 2.05) is 33.5 Å². The maximum atomic E-state index is 13.5. The van der Waals surface area contributed by atoms with Gasteiger partial charge in [0.05, 0.1) is 17.0 Å². The van der Waals surface area contributed by atoms with Crippen molar-refractivity contribution < 1.29 is 47.3 Å². The van der Waals surface area contributed by atoms with Gasteiger partial charge in [0.1, 0.15) is 36.7 Å². The Balaban J connectivity index is 1.67. The average molecular weight is 744 g/mol. The van der Waals surface area contributed by atoms with Crippen LogP contribution in [-0.2, 0) is 48.1 Å². The number of hydrogen-bond acceptors (Lipinski definition) is 13. The fourth-order valence-corrected chi connectivity index (χ4v) is 7.18. The number of rotatable bonds is 13. The molecule has 2 aromatic rings. The third kappa shape index (κ3) is 9.87. The normalized spacial score (nSPS) is 23.1. The van der Waals surface area contributed by atoms with Gasteiger partial charge >= 0.3 is 24.0 Å². The molecule has 3 heterocycles. The molecule has 1 saturated carbocycles. The van der Waals surface area contributed by atoms with Gasteiger partial charge in [-0.1, -0.05) is 40.0 Å². The number of nitriles is 1. The van der Waals surface area contributed by atoms with Crippen molar-refractivity contribution in [3.8, 4) is 6.07 Å². The predicted molar refractivity (Wildman–Crippen MR) is 190 cm³/mol. The highest BCUT2D eigenvalue weighted by molar-refractivity contribution is 6.69. The van der Waals surface area contributed by atoms with Gasteiger partial charge in [0.2, 0.25) is 12.4 Å². The highest BCUT2D eigenvalue weighted by Gasteiger charge is 2.62. The van der Waals surface area contributed by atoms with E-state index in [0.717, 1.165) is 32.1 Å². The number of aromatic nitrogens is 3. The minimum Gasteiger partial charge on any atom is -0.463 e. The molecular formula is C36H53N5O10Si. The summed E-state index contributed by atoms with van der Waals surface area (Å²) in [6.07, 6.45) is 2.42. The number of carbonyl (C=O) groups excluding carboxylic acids is 4. The third-order valence-electron chi connectivity index (χ3n) is 9.31. The lowest BCUT2D eigenvalue weighted by molar-refractivity contribution is -0.165. The number of anilines is 1. The molecule has 0 spiro atoms. The Bertz CT molecular complexity index is 1640. The summed E-state index contributed by atoms with van der Waals surface area (Å²) in [4.78, 5) is 55.4. The third-order valence-corrected chi connectivity index (χ3v) is 10.3. The van der Waals surface area contributed by atoms with E-state index in [4.69, 9.17) is 28.1 Å². The fourth-order valence-electron chi connectivity index (χ4n) is 6.12. The van der Waals surface area contributed by atoms with Crippen LogP contribution in [0.25, 0.3) is 5.52 Å². The first-order valence-electron chi connectivity index (χ1n) is 17.9. The van der Waals surface area contributed by atoms with Crippen LogP contribution in [0, 0.1) is 34.5 Å². The van der Waals surface area contributed by atoms with Crippen molar-refractivity contribution in [1.82, 2.24) is 14.6 Å². The van der Waals surface area contributed by atoms with E-state index in [-0.39, 0.29) is 47.9 Å². The number of amides is 1. The molecule has 1 aliphatic heterocycles. The second kappa shape index (κ2) is 16.7. The van der Waals surface area contributed by atoms with E-state index in [1.54, 1.807) is 39.8 Å². The monoisotopic (exact) mass is 743 g/mol. The van der Waals surface area contributed by atoms with Crippen LogP contribution >= 0.6 is 0 Å². The Hall–Kier alpha value is -4.07. The maximum Gasteiger partial charge on any atom is 0.415 e. The molecule has 4 rings (SSSR count). The highest BCUT2D eigenvalue weighted by Crippen LogP contribution is 2.45. The molecule has 1 N–H and O–H groups in total. The zero-order valence-corrected chi connectivity index (χ0v) is 32.7. The van der Waals surface area contributed by atoms with Gasteiger partial charge in [0, 0.05) is 6.42 Å². The summed E-state index contributed by atoms with van der Waals surface area (Å²) in [6.45, 7) is 15.5. The molecule has 1 amide bonds. The number of fused-ring (bicyclic) bond motifs is 1. The summed E-state index contributed by atoms with van der Waals surface area (Å²) in [5.74, 6) is -1.67. The van der Waals surface area contributed by atoms with Gasteiger partial charge in [-0.2, -0.15) is 10.4 Å². The molecule has 5 atom stereocenters. The largest absolute Gasteiger partial charge is 0.463 e. The molecule has 52 heavy (non-hydrogen) atoms. The SMILES string of the molecule is CC(C)[C@H](C)C(=O)O[C@H]1[C@@H](O[Si](C)(C)C)[C@](C#N)(c2ccc3c(NC(=O)OCOC(=O)C(C)(C)C)ncnn23)O[C@@H]1COC(=O)CC1CCCCC1. The Kier molecular flexibility index (Phi) is 13.1. The summed E-state index contributed by atoms with van der Waals surface area (Å²) in [6, 6.07) is 5.46. The lowest BCUT2D eigenvalue weighted by atomic mass is 9.87. The van der Waals surface area contributed by atoms with Crippen molar-refractivity contribution in [3.63, 3.8) is 0 Å². The van der Waals surface area contributed by atoms with E-state index in [9.17, 15) is 24.4 Å². The summed E-state index contributed by atoms with van der Waals surface area (Å²) in [5, 5.41) is 17.9. The van der Waals surface area contributed by atoms with Crippen molar-refractivity contribution >= 4 is 43.7 Å². The van der Waals surface area contributed by atoms with Crippen molar-refractivity contribution in [1.29, 1.82) is 5.26 Å². The second-order valence-corrected chi connectivity index (χ2v) is 20.4. The van der Waals surface area contributed by atoms with Gasteiger partial charge in [0.15, 0.2) is 20.2 Å². The molecule has 0 radical (unpaired) electrons. The van der Waals surface area contributed by atoms with Crippen LogP contribution in [0.4, 0.5) is 10.6 Å². The van der Waals surface area contributed by atoms with Crippen LogP contribution in [0.2, 0.25) is 19.6 Å². The molecule has 0 unspecified atom stereocenters. The van der Waals surface area contributed by atoms with Crippen LogP contribution in [0.1, 0.15) is 85.8 Å². The summed E-state index contributed by atoms with van der Waals surface area (Å²) >= 11 is 0. The van der Waals surface area contributed by atoms with Crippen LogP contribution in [0.3, 0.4) is 0 Å². The van der Waals surface area contributed by atoms with Crippen molar-refractivity contribution in [3.05, 3.63) is 24.2 Å². The zero-order chi connectivity index (χ0) is 38.4. The molecule has 15 nitrogen and oxygen atoms in total. The highest BCUT2D eigenvalue weighted by atomic mass is 28.4. The number of hydrogen-bond donors (Lipinski definition) is 1. The smallest absolute Gasteiger partial charge is 0.415 e. The fraction of sp³-hybridized carbons (Fsp3) is 0.694. The topological polar surface area (TPSA) is 190 Å². The quantitative estimate of drug-likeness (QED) is 0.111. The van der Waals surface area contributed by atoms with E-state index in [0.29, 0.717) is 0 Å². The minimum absolute atomic E-state index is 0.0316. The molecular weight excluding hydrogens is 691 g/mol. The van der Waals surface area contributed by atoms with Crippen molar-refractivity contribution in [2.75, 3.05) is 18.7 Å². The molecule has 2 aliphatic rings. The van der Waals surface area contributed by atoms with E-state index >= 15 is 0 Å². The number of ether oxygens (including phenoxy) is 5. The van der Waals surface area contributed by atoms with Crippen molar-refractivity contribution in [2.45, 2.75) is 124 Å². The maximum absolute atomic E-state index is 13.5. The Morgan fingerprint density at radius 1 is 1.08 bits per heavy atom. The molecule has 0 aromatic carbocycles. The minimum atomic E-state index is -2.50. The van der Waals surface area contributed by atoms with Crippen molar-refractivity contribution in [2.24, 2.45) is 23.2 Å². The summed E-state index contributed by atoms with van der Waals surface area (Å²) < 4.78 is 36.6. The van der Waals surface area contributed by atoms with Gasteiger partial charge in [-0.05, 0) is 77.2 Å². The van der Waals surface area contributed by atoms with Gasteiger partial charge in [-0.25, -0.2) is 14.3 Å². The number of nitrogens with one attached hydrogen (secondary N) is 1. The van der Waals surface area contributed by atoms with Gasteiger partial charge in [0.25, 0.3) is 0 Å². The van der Waals surface area contributed by atoms with E-state index in [2.05, 4.69) is 21.5 Å². The van der Waals surface area contributed by atoms with Gasteiger partial charge in [-0.3, -0.25) is 19.7 Å². The summed E-state index contributed by atoms with van der Waals surface area (Å²) in [5.41, 5.74) is -2.21. The van der Waals surface area contributed by atoms with Crippen LogP contribution < -0.4 is 5.32 Å². The molecule has 1 saturated heterocycles. The first-order valence-corrected chi connectivity index (χ1v) is 21.3. The van der Waals surface area contributed by atoms with E-state index in [1.165, 1.54) is 10.8 Å². The number of nitrogens with zero attached hydrogens (tertiary/aromatic N) is 4. The van der Waals surface area contributed by atoms with Crippen LogP contribution in [-0.4, -0.2) is 78.6 Å². The van der Waals surface area contributed by atoms with E-state index < -0.39 is 68.4 Å². The van der Waals surface area contributed by atoms with Gasteiger partial charge < -0.3 is 28.1 Å². The lowest BCUT2D eigenvalue weighted by Gasteiger charge is -2.34. The molecule has 2 fully saturated rings. The number of esters is 3. The molecule has 1 aliphatic carbocycles. The Morgan fingerprint density at radius 3 is 2.38 bits per heavy atom. The number of carbonyl (C=O) groups is 4. The average Bonchev–Trinajstić information content (AvgIpc) is 3.63. The predicted octanol–water partition coefficient (Wildman–Crippen LogP) is 5.88. The first kappa shape index (κ1) is 40.7. The Labute approximate surface area is 306 Å². The Morgan fingerprint density at radius 2 is 1.77 bits per heavy atom. The molecule has 16 heteroatoms. The standard InChI is InChI=1S/C36H53N5O10Si/c1-22(2)23(3)32(43)49-29-26(18-46-28(42)17-24-13-11-10-12-14-24)50-36(19-37,30(29)51-52(7,8)9)27-16-15-25-31(38-20-39-41(25)27)40-34(45)48-21-47-33(44)35(4,5)6/h15-16,20,22-24,26,29-30H,10-14,17-18,21H2,1-9H3,(H,38,39,40,45)/t23-,26+,29+,30+,36-/m0/s1. The van der Waals surface area contributed by atoms with Crippen LogP contribution in [0.5, 0.6) is 0 Å². The van der Waals surface area contributed by atoms with Crippen LogP contribution in [0.15, 0.2) is 18.5 Å². The molecule has 2 aromatic heterocycles. The molecule has 0 bridgehead atoms. The van der Waals surface area contributed by atoms with Gasteiger partial charge in [-0.15, -0.1) is 0 Å². The first-order chi connectivity index (χ1) is 24.4. The lowest BCUT2D eigenvalue weighted by Crippen LogP contribution is -2.50. The molecule has 286 valence electrons. The summed E-state index contributed by atoms with van der Waals surface area (Å²) in [7, 11) is -2.50.